The molecule has 0 aliphatic carbocycles. The van der Waals surface area contributed by atoms with E-state index < -0.39 is 11.7 Å². The molecule has 1 aromatic rings. The van der Waals surface area contributed by atoms with E-state index in [-0.39, 0.29) is 11.3 Å². The van der Waals surface area contributed by atoms with Crippen molar-refractivity contribution >= 4 is 5.97 Å². The van der Waals surface area contributed by atoms with Gasteiger partial charge in [-0.2, -0.15) is 4.89 Å². The minimum atomic E-state index is -1.18. The van der Waals surface area contributed by atoms with Gasteiger partial charge in [0.1, 0.15) is 5.56 Å². The van der Waals surface area contributed by atoms with Crippen molar-refractivity contribution in [1.29, 1.82) is 0 Å². The van der Waals surface area contributed by atoms with Gasteiger partial charge in [-0.25, -0.2) is 4.79 Å². The van der Waals surface area contributed by atoms with Crippen LogP contribution in [0.15, 0.2) is 0 Å². The summed E-state index contributed by atoms with van der Waals surface area (Å²) in [6.45, 7) is 4.20. The summed E-state index contributed by atoms with van der Waals surface area (Å²) >= 11 is 0. The van der Waals surface area contributed by atoms with Crippen LogP contribution in [0.2, 0.25) is 0 Å². The third-order valence-electron chi connectivity index (χ3n) is 4.24. The largest absolute Gasteiger partial charge is 0.503 e. The lowest BCUT2D eigenvalue weighted by molar-refractivity contribution is -0.180. The predicted molar refractivity (Wildman–Crippen MR) is 95.7 cm³/mol. The molecule has 0 aliphatic rings. The fourth-order valence-electron chi connectivity index (χ4n) is 3.04. The molecule has 0 atom stereocenters. The monoisotopic (exact) mass is 354 g/mol. The molecule has 25 heavy (non-hydrogen) atoms. The van der Waals surface area contributed by atoms with Gasteiger partial charge in [0.05, 0.1) is 14.2 Å². The van der Waals surface area contributed by atoms with E-state index in [2.05, 4.69) is 18.7 Å². The second-order valence-corrected chi connectivity index (χ2v) is 6.01. The van der Waals surface area contributed by atoms with Crippen LogP contribution in [0.3, 0.4) is 0 Å². The van der Waals surface area contributed by atoms with Crippen molar-refractivity contribution in [1.82, 2.24) is 0 Å². The van der Waals surface area contributed by atoms with E-state index >= 15 is 0 Å². The number of methoxy groups -OCH3 is 1. The van der Waals surface area contributed by atoms with Gasteiger partial charge in [0.15, 0.2) is 11.5 Å². The molecular weight excluding hydrogens is 324 g/mol. The van der Waals surface area contributed by atoms with E-state index in [1.807, 2.05) is 0 Å². The third kappa shape index (κ3) is 5.26. The summed E-state index contributed by atoms with van der Waals surface area (Å²) < 4.78 is 5.46. The third-order valence-corrected chi connectivity index (χ3v) is 4.24. The average molecular weight is 354 g/mol. The predicted octanol–water partition coefficient (Wildman–Crippen LogP) is 4.50. The zero-order chi connectivity index (χ0) is 18.8. The zero-order valence-corrected chi connectivity index (χ0v) is 15.7. The molecule has 1 rings (SSSR count). The molecule has 6 heteroatoms. The summed E-state index contributed by atoms with van der Waals surface area (Å²) in [5.74, 6) is -1.35. The number of phenols is 1. The van der Waals surface area contributed by atoms with Crippen LogP contribution in [0.4, 0.5) is 0 Å². The number of unbranched alkanes of at least 4 members (excludes halogenated alkanes) is 4. The van der Waals surface area contributed by atoms with Crippen LogP contribution in [-0.2, 0) is 17.7 Å². The summed E-state index contributed by atoms with van der Waals surface area (Å²) in [5, 5.41) is 20.1. The molecule has 0 saturated heterocycles. The number of carboxylic acid groups (broad SMARTS) is 1. The molecule has 1 aromatic carbocycles. The number of aromatic carboxylic acids is 1. The maximum absolute atomic E-state index is 11.8. The van der Waals surface area contributed by atoms with Crippen molar-refractivity contribution in [2.45, 2.75) is 65.2 Å². The number of ether oxygens (including phenoxy) is 1. The Bertz CT molecular complexity index is 568. The van der Waals surface area contributed by atoms with Gasteiger partial charge in [-0.05, 0) is 31.2 Å². The number of carboxylic acids is 1. The highest BCUT2D eigenvalue weighted by Gasteiger charge is 2.29. The Hall–Kier alpha value is -1.95. The molecule has 0 spiro atoms. The Kier molecular flexibility index (Phi) is 9.13. The Morgan fingerprint density at radius 3 is 1.92 bits per heavy atom. The molecule has 0 aromatic heterocycles. The lowest BCUT2D eigenvalue weighted by Gasteiger charge is -2.21. The van der Waals surface area contributed by atoms with Crippen LogP contribution >= 0.6 is 0 Å². The molecule has 0 aliphatic heterocycles. The fraction of sp³-hybridized carbons (Fsp3) is 0.632. The van der Waals surface area contributed by atoms with Gasteiger partial charge in [-0.15, -0.1) is 0 Å². The van der Waals surface area contributed by atoms with Crippen molar-refractivity contribution in [2.75, 3.05) is 14.2 Å². The van der Waals surface area contributed by atoms with Gasteiger partial charge < -0.3 is 19.8 Å². The second kappa shape index (κ2) is 10.8. The topological polar surface area (TPSA) is 85.2 Å². The number of carbonyl (C=O) groups is 1. The number of aromatic hydroxyl groups is 1. The van der Waals surface area contributed by atoms with E-state index in [0.29, 0.717) is 24.2 Å². The van der Waals surface area contributed by atoms with E-state index in [9.17, 15) is 15.0 Å². The molecule has 0 amide bonds. The Morgan fingerprint density at radius 1 is 0.920 bits per heavy atom. The standard InChI is InChI=1S/C19H30O6/c1-5-7-9-11-13-14(12-10-8-6-2)17(23-3)18(25-24-4)16(20)15(13)19(21)22/h20H,5-12H2,1-4H3,(H,21,22). The van der Waals surface area contributed by atoms with Gasteiger partial charge in [0.25, 0.3) is 0 Å². The lowest BCUT2D eigenvalue weighted by Crippen LogP contribution is -2.11. The number of rotatable bonds is 12. The van der Waals surface area contributed by atoms with Gasteiger partial charge >= 0.3 is 5.97 Å². The summed E-state index contributed by atoms with van der Waals surface area (Å²) in [7, 11) is 2.78. The van der Waals surface area contributed by atoms with Crippen LogP contribution in [-0.4, -0.2) is 30.4 Å². The van der Waals surface area contributed by atoms with Crippen LogP contribution in [0.5, 0.6) is 17.2 Å². The van der Waals surface area contributed by atoms with Gasteiger partial charge in [0.2, 0.25) is 5.75 Å². The quantitative estimate of drug-likeness (QED) is 0.326. The first-order valence-corrected chi connectivity index (χ1v) is 8.91. The molecule has 0 saturated carbocycles. The summed E-state index contributed by atoms with van der Waals surface area (Å²) in [6.07, 6.45) is 7.11. The van der Waals surface area contributed by atoms with Crippen LogP contribution in [0.25, 0.3) is 0 Å². The molecule has 0 bridgehead atoms. The zero-order valence-electron chi connectivity index (χ0n) is 15.7. The normalized spacial score (nSPS) is 10.7. The van der Waals surface area contributed by atoms with Gasteiger partial charge in [-0.1, -0.05) is 39.5 Å². The highest BCUT2D eigenvalue weighted by atomic mass is 17.2. The molecule has 142 valence electrons. The Balaban J connectivity index is 3.53. The van der Waals surface area contributed by atoms with E-state index in [1.54, 1.807) is 0 Å². The van der Waals surface area contributed by atoms with E-state index in [1.165, 1.54) is 14.2 Å². The Morgan fingerprint density at radius 2 is 1.48 bits per heavy atom. The first kappa shape index (κ1) is 21.1. The minimum Gasteiger partial charge on any atom is -0.503 e. The lowest BCUT2D eigenvalue weighted by atomic mass is 9.90. The maximum atomic E-state index is 11.8. The van der Waals surface area contributed by atoms with Crippen molar-refractivity contribution in [2.24, 2.45) is 0 Å². The van der Waals surface area contributed by atoms with Crippen molar-refractivity contribution < 1.29 is 29.5 Å². The van der Waals surface area contributed by atoms with Crippen LogP contribution < -0.4 is 9.62 Å². The van der Waals surface area contributed by atoms with Gasteiger partial charge in [0, 0.05) is 5.56 Å². The number of benzene rings is 1. The smallest absolute Gasteiger partial charge is 0.339 e. The summed E-state index contributed by atoms with van der Waals surface area (Å²) in [6, 6.07) is 0. The second-order valence-electron chi connectivity index (χ2n) is 6.01. The van der Waals surface area contributed by atoms with E-state index in [0.717, 1.165) is 44.1 Å². The number of hydrogen-bond donors (Lipinski definition) is 2. The van der Waals surface area contributed by atoms with Crippen molar-refractivity contribution in [3.63, 3.8) is 0 Å². The fourth-order valence-corrected chi connectivity index (χ4v) is 3.04. The molecule has 0 fully saturated rings. The van der Waals surface area contributed by atoms with E-state index in [4.69, 9.17) is 9.62 Å². The minimum absolute atomic E-state index is 0.0758. The highest BCUT2D eigenvalue weighted by Crippen LogP contribution is 2.46. The van der Waals surface area contributed by atoms with Crippen LogP contribution in [0.1, 0.15) is 73.9 Å². The summed E-state index contributed by atoms with van der Waals surface area (Å²) in [5.41, 5.74) is 1.31. The maximum Gasteiger partial charge on any atom is 0.339 e. The molecule has 6 nitrogen and oxygen atoms in total. The first-order valence-electron chi connectivity index (χ1n) is 8.91. The molecule has 0 unspecified atom stereocenters. The van der Waals surface area contributed by atoms with Crippen molar-refractivity contribution in [3.8, 4) is 17.2 Å². The summed E-state index contributed by atoms with van der Waals surface area (Å²) in [4.78, 5) is 21.5. The average Bonchev–Trinajstić information content (AvgIpc) is 2.58. The molecule has 0 radical (unpaired) electrons. The molecule has 2 N–H and O–H groups in total. The number of hydrogen-bond acceptors (Lipinski definition) is 5. The SMILES string of the molecule is CCCCCc1c(CCCCC)c(C(=O)O)c(O)c(OOC)c1OC. The van der Waals surface area contributed by atoms with Crippen molar-refractivity contribution in [3.05, 3.63) is 16.7 Å². The van der Waals surface area contributed by atoms with Gasteiger partial charge in [-0.3, -0.25) is 0 Å². The molecule has 0 heterocycles. The highest BCUT2D eigenvalue weighted by molar-refractivity contribution is 5.95. The first-order chi connectivity index (χ1) is 12.0. The van der Waals surface area contributed by atoms with Crippen LogP contribution in [0, 0.1) is 0 Å². The Labute approximate surface area is 149 Å². The molecular formula is C19H30O6.